The maximum atomic E-state index is 6.05. The van der Waals surface area contributed by atoms with Crippen LogP contribution in [-0.4, -0.2) is 12.1 Å². The topological polar surface area (TPSA) is 48.1 Å². The van der Waals surface area contributed by atoms with E-state index in [9.17, 15) is 0 Å². The lowest BCUT2D eigenvalue weighted by atomic mass is 9.97. The van der Waals surface area contributed by atoms with E-state index in [-0.39, 0.29) is 5.54 Å². The van der Waals surface area contributed by atoms with Gasteiger partial charge in [0.15, 0.2) is 0 Å². The molecule has 1 heterocycles. The molecular weight excluding hydrogens is 184 g/mol. The first-order chi connectivity index (χ1) is 6.10. The van der Waals surface area contributed by atoms with Gasteiger partial charge < -0.3 is 10.5 Å². The minimum atomic E-state index is -0.303. The van der Waals surface area contributed by atoms with Crippen LogP contribution < -0.4 is 5.73 Å². The van der Waals surface area contributed by atoms with E-state index >= 15 is 0 Å². The highest BCUT2D eigenvalue weighted by atomic mass is 32.1. The first-order valence-electron chi connectivity index (χ1n) is 4.33. The van der Waals surface area contributed by atoms with Crippen LogP contribution >= 0.6 is 11.3 Å². The number of rotatable bonds is 4. The van der Waals surface area contributed by atoms with Crippen molar-refractivity contribution in [2.24, 2.45) is 5.73 Å². The molecule has 74 valence electrons. The Morgan fingerprint density at radius 2 is 2.38 bits per heavy atom. The summed E-state index contributed by atoms with van der Waals surface area (Å²) in [4.78, 5) is 4.41. The first kappa shape index (κ1) is 10.6. The molecule has 0 aliphatic heterocycles. The summed E-state index contributed by atoms with van der Waals surface area (Å²) in [6, 6.07) is 0. The van der Waals surface area contributed by atoms with Crippen LogP contribution in [0, 0.1) is 0 Å². The fourth-order valence-electron chi connectivity index (χ4n) is 0.944. The number of nitrogens with zero attached hydrogens (tertiary/aromatic N) is 1. The summed E-state index contributed by atoms with van der Waals surface area (Å²) in [5.41, 5.74) is 6.71. The Bertz CT molecular complexity index is 270. The zero-order valence-electron chi connectivity index (χ0n) is 8.33. The number of ether oxygens (including phenoxy) is 1. The molecule has 13 heavy (non-hydrogen) atoms. The smallest absolute Gasteiger partial charge is 0.119 e. The van der Waals surface area contributed by atoms with Crippen LogP contribution in [0.25, 0.3) is 0 Å². The van der Waals surface area contributed by atoms with E-state index in [0.717, 1.165) is 17.1 Å². The fraction of sp³-hybridized carbons (Fsp3) is 0.667. The molecule has 0 aliphatic carbocycles. The van der Waals surface area contributed by atoms with E-state index in [4.69, 9.17) is 10.5 Å². The summed E-state index contributed by atoms with van der Waals surface area (Å²) in [6.07, 6.45) is 0.892. The molecule has 0 amide bonds. The summed E-state index contributed by atoms with van der Waals surface area (Å²) >= 11 is 1.60. The van der Waals surface area contributed by atoms with Crippen LogP contribution in [0.4, 0.5) is 0 Å². The van der Waals surface area contributed by atoms with Gasteiger partial charge in [-0.25, -0.2) is 4.98 Å². The molecule has 1 rings (SSSR count). The van der Waals surface area contributed by atoms with Gasteiger partial charge in [-0.05, 0) is 13.3 Å². The van der Waals surface area contributed by atoms with E-state index in [1.54, 1.807) is 18.4 Å². The van der Waals surface area contributed by atoms with Gasteiger partial charge in [-0.3, -0.25) is 0 Å². The molecule has 0 radical (unpaired) electrons. The highest BCUT2D eigenvalue weighted by Gasteiger charge is 2.21. The molecule has 0 spiro atoms. The molecule has 0 aliphatic rings. The third-order valence-corrected chi connectivity index (χ3v) is 2.96. The van der Waals surface area contributed by atoms with Crippen LogP contribution in [0.2, 0.25) is 0 Å². The van der Waals surface area contributed by atoms with Crippen molar-refractivity contribution >= 4 is 11.3 Å². The van der Waals surface area contributed by atoms with E-state index in [0.29, 0.717) is 6.61 Å². The summed E-state index contributed by atoms with van der Waals surface area (Å²) < 4.78 is 4.99. The minimum Gasteiger partial charge on any atom is -0.378 e. The SMILES string of the molecule is CCC(C)(N)c1csc(COC)n1. The van der Waals surface area contributed by atoms with Gasteiger partial charge in [0, 0.05) is 12.5 Å². The minimum absolute atomic E-state index is 0.303. The average Bonchev–Trinajstić information content (AvgIpc) is 2.54. The third-order valence-electron chi connectivity index (χ3n) is 2.14. The zero-order valence-corrected chi connectivity index (χ0v) is 9.15. The molecule has 4 heteroatoms. The second-order valence-corrected chi connectivity index (χ2v) is 4.27. The Morgan fingerprint density at radius 1 is 1.69 bits per heavy atom. The molecule has 2 N–H and O–H groups in total. The molecule has 0 fully saturated rings. The van der Waals surface area contributed by atoms with Gasteiger partial charge in [-0.15, -0.1) is 11.3 Å². The van der Waals surface area contributed by atoms with Crippen molar-refractivity contribution < 1.29 is 4.74 Å². The maximum Gasteiger partial charge on any atom is 0.119 e. The Hall–Kier alpha value is -0.450. The summed E-state index contributed by atoms with van der Waals surface area (Å²) in [6.45, 7) is 4.64. The van der Waals surface area contributed by atoms with E-state index in [2.05, 4.69) is 11.9 Å². The first-order valence-corrected chi connectivity index (χ1v) is 5.21. The van der Waals surface area contributed by atoms with E-state index in [1.807, 2.05) is 12.3 Å². The van der Waals surface area contributed by atoms with Gasteiger partial charge in [0.05, 0.1) is 17.8 Å². The highest BCUT2D eigenvalue weighted by molar-refractivity contribution is 7.09. The molecular formula is C9H16N2OS. The average molecular weight is 200 g/mol. The zero-order chi connectivity index (χ0) is 9.90. The highest BCUT2D eigenvalue weighted by Crippen LogP contribution is 2.23. The molecule has 1 aromatic rings. The van der Waals surface area contributed by atoms with Gasteiger partial charge in [-0.2, -0.15) is 0 Å². The van der Waals surface area contributed by atoms with Gasteiger partial charge in [0.1, 0.15) is 5.01 Å². The maximum absolute atomic E-state index is 6.05. The Labute approximate surface area is 82.9 Å². The molecule has 0 saturated heterocycles. The molecule has 0 aromatic carbocycles. The Kier molecular flexibility index (Phi) is 3.41. The fourth-order valence-corrected chi connectivity index (χ4v) is 1.85. The Morgan fingerprint density at radius 3 is 2.92 bits per heavy atom. The van der Waals surface area contributed by atoms with Crippen molar-refractivity contribution in [3.63, 3.8) is 0 Å². The second kappa shape index (κ2) is 4.17. The molecule has 0 saturated carbocycles. The third kappa shape index (κ3) is 2.49. The Balaban J connectivity index is 2.79. The largest absolute Gasteiger partial charge is 0.378 e. The monoisotopic (exact) mass is 200 g/mol. The number of hydrogen-bond acceptors (Lipinski definition) is 4. The second-order valence-electron chi connectivity index (χ2n) is 3.33. The van der Waals surface area contributed by atoms with Gasteiger partial charge in [0.2, 0.25) is 0 Å². The number of nitrogens with two attached hydrogens (primary N) is 1. The van der Waals surface area contributed by atoms with Crippen LogP contribution in [0.3, 0.4) is 0 Å². The molecule has 1 unspecified atom stereocenters. The van der Waals surface area contributed by atoms with Crippen molar-refractivity contribution in [3.8, 4) is 0 Å². The van der Waals surface area contributed by atoms with Crippen LogP contribution in [0.1, 0.15) is 31.0 Å². The lowest BCUT2D eigenvalue weighted by molar-refractivity contribution is 0.184. The van der Waals surface area contributed by atoms with E-state index in [1.165, 1.54) is 0 Å². The molecule has 1 aromatic heterocycles. The van der Waals surface area contributed by atoms with Crippen molar-refractivity contribution in [2.75, 3.05) is 7.11 Å². The summed E-state index contributed by atoms with van der Waals surface area (Å²) in [7, 11) is 1.67. The predicted molar refractivity (Wildman–Crippen MR) is 54.7 cm³/mol. The van der Waals surface area contributed by atoms with Crippen LogP contribution in [0.5, 0.6) is 0 Å². The number of aromatic nitrogens is 1. The van der Waals surface area contributed by atoms with Crippen LogP contribution in [0.15, 0.2) is 5.38 Å². The molecule has 0 bridgehead atoms. The number of thiazole rings is 1. The van der Waals surface area contributed by atoms with Crippen molar-refractivity contribution in [1.82, 2.24) is 4.98 Å². The van der Waals surface area contributed by atoms with Gasteiger partial charge >= 0.3 is 0 Å². The van der Waals surface area contributed by atoms with Crippen LogP contribution in [-0.2, 0) is 16.9 Å². The molecule has 3 nitrogen and oxygen atoms in total. The normalized spacial score (nSPS) is 15.7. The number of hydrogen-bond donors (Lipinski definition) is 1. The quantitative estimate of drug-likeness (QED) is 0.807. The van der Waals surface area contributed by atoms with E-state index < -0.39 is 0 Å². The molecule has 1 atom stereocenters. The lowest BCUT2D eigenvalue weighted by Crippen LogP contribution is -2.32. The van der Waals surface area contributed by atoms with Gasteiger partial charge in [0.25, 0.3) is 0 Å². The predicted octanol–water partition coefficient (Wildman–Crippen LogP) is 1.87. The van der Waals surface area contributed by atoms with Crippen molar-refractivity contribution in [3.05, 3.63) is 16.1 Å². The van der Waals surface area contributed by atoms with Gasteiger partial charge in [-0.1, -0.05) is 6.92 Å². The summed E-state index contributed by atoms with van der Waals surface area (Å²) in [5.74, 6) is 0. The lowest BCUT2D eigenvalue weighted by Gasteiger charge is -2.19. The van der Waals surface area contributed by atoms with Crippen molar-refractivity contribution in [1.29, 1.82) is 0 Å². The van der Waals surface area contributed by atoms with Crippen molar-refractivity contribution in [2.45, 2.75) is 32.4 Å². The number of methoxy groups -OCH3 is 1. The summed E-state index contributed by atoms with van der Waals surface area (Å²) in [5, 5.41) is 3.00. The standard InChI is InChI=1S/C9H16N2OS/c1-4-9(2,10)7-6-13-8(11-7)5-12-3/h6H,4-5,10H2,1-3H3.